The fourth-order valence-corrected chi connectivity index (χ4v) is 3.13. The minimum absolute atomic E-state index is 0.0706. The summed E-state index contributed by atoms with van der Waals surface area (Å²) in [7, 11) is 1.73. The van der Waals surface area contributed by atoms with E-state index in [0.717, 1.165) is 11.3 Å². The Morgan fingerprint density at radius 2 is 1.70 bits per heavy atom. The minimum Gasteiger partial charge on any atom is -0.355 e. The summed E-state index contributed by atoms with van der Waals surface area (Å²) in [6, 6.07) is 7.03. The molecule has 2 aromatic rings. The number of aryl methyl sites for hydroxylation is 2. The lowest BCUT2D eigenvalue weighted by molar-refractivity contribution is -0.117. The van der Waals surface area contributed by atoms with E-state index in [2.05, 4.69) is 10.3 Å². The van der Waals surface area contributed by atoms with Crippen LogP contribution in [0.25, 0.3) is 0 Å². The smallest absolute Gasteiger partial charge is 0.238 e. The second-order valence-electron chi connectivity index (χ2n) is 7.05. The Balaban J connectivity index is 2.06. The van der Waals surface area contributed by atoms with Gasteiger partial charge in [-0.3, -0.25) is 19.3 Å². The molecule has 0 fully saturated rings. The lowest BCUT2D eigenvalue weighted by Gasteiger charge is -2.23. The summed E-state index contributed by atoms with van der Waals surface area (Å²) in [5.74, 6) is -0.405. The van der Waals surface area contributed by atoms with Crippen molar-refractivity contribution in [3.63, 3.8) is 0 Å². The van der Waals surface area contributed by atoms with Crippen LogP contribution >= 0.6 is 0 Å². The first kappa shape index (κ1) is 20.6. The molecule has 6 heteroatoms. The Morgan fingerprint density at radius 1 is 1.11 bits per heavy atom. The Morgan fingerprint density at radius 3 is 2.22 bits per heavy atom. The molecule has 1 heterocycles. The molecule has 0 spiro atoms. The molecule has 27 heavy (non-hydrogen) atoms. The molecule has 2 rings (SSSR count). The number of H-pyrrole nitrogens is 1. The van der Waals surface area contributed by atoms with Crippen LogP contribution in [0, 0.1) is 20.8 Å². The third-order valence-electron chi connectivity index (χ3n) is 4.80. The Hall–Kier alpha value is -2.73. The molecule has 6 nitrogen and oxygen atoms in total. The predicted molar refractivity (Wildman–Crippen MR) is 107 cm³/mol. The summed E-state index contributed by atoms with van der Waals surface area (Å²) in [6.07, 6.45) is 0. The molecule has 1 amide bonds. The molecule has 0 saturated heterocycles. The van der Waals surface area contributed by atoms with E-state index < -0.39 is 6.04 Å². The number of aromatic nitrogens is 1. The number of likely N-dealkylation sites (N-methyl/N-ethyl adjacent to an activating group) is 1. The van der Waals surface area contributed by atoms with Crippen molar-refractivity contribution in [1.29, 1.82) is 0 Å². The topological polar surface area (TPSA) is 82.3 Å². The van der Waals surface area contributed by atoms with Crippen molar-refractivity contribution in [3.8, 4) is 0 Å². The monoisotopic (exact) mass is 369 g/mol. The summed E-state index contributed by atoms with van der Waals surface area (Å²) in [6.45, 7) is 8.86. The quantitative estimate of drug-likeness (QED) is 0.734. The van der Waals surface area contributed by atoms with E-state index in [0.29, 0.717) is 22.5 Å². The maximum atomic E-state index is 12.9. The molecule has 2 N–H and O–H groups in total. The van der Waals surface area contributed by atoms with Crippen molar-refractivity contribution in [2.24, 2.45) is 0 Å². The third kappa shape index (κ3) is 4.71. The molecule has 1 aromatic heterocycles. The maximum absolute atomic E-state index is 12.9. The standard InChI is InChI=1S/C21H27N3O3/c1-12-7-9-17(10-8-12)23-18(26)11-24(6)15(4)21(27)20-13(2)19(16(5)25)14(3)22-20/h7-10,15,22H,11H2,1-6H3,(H,23,26)/t15-/m0/s1. The van der Waals surface area contributed by atoms with Gasteiger partial charge in [0.25, 0.3) is 0 Å². The van der Waals surface area contributed by atoms with E-state index in [1.807, 2.05) is 31.2 Å². The van der Waals surface area contributed by atoms with Gasteiger partial charge < -0.3 is 10.3 Å². The van der Waals surface area contributed by atoms with Crippen molar-refractivity contribution >= 4 is 23.2 Å². The Kier molecular flexibility index (Phi) is 6.33. The zero-order chi connectivity index (χ0) is 20.3. The van der Waals surface area contributed by atoms with Crippen LogP contribution in [0.2, 0.25) is 0 Å². The summed E-state index contributed by atoms with van der Waals surface area (Å²) in [4.78, 5) is 41.6. The van der Waals surface area contributed by atoms with Gasteiger partial charge in [0.05, 0.1) is 18.3 Å². The molecule has 0 saturated carbocycles. The number of aromatic amines is 1. The number of benzene rings is 1. The van der Waals surface area contributed by atoms with E-state index in [1.165, 1.54) is 6.92 Å². The molecular formula is C21H27N3O3. The maximum Gasteiger partial charge on any atom is 0.238 e. The van der Waals surface area contributed by atoms with Crippen LogP contribution in [-0.2, 0) is 4.79 Å². The van der Waals surface area contributed by atoms with Gasteiger partial charge in [-0.25, -0.2) is 0 Å². The first-order valence-corrected chi connectivity index (χ1v) is 8.92. The molecule has 144 valence electrons. The lowest BCUT2D eigenvalue weighted by atomic mass is 10.0. The van der Waals surface area contributed by atoms with Gasteiger partial charge in [-0.1, -0.05) is 17.7 Å². The fourth-order valence-electron chi connectivity index (χ4n) is 3.13. The molecule has 0 radical (unpaired) electrons. The second-order valence-corrected chi connectivity index (χ2v) is 7.05. The first-order chi connectivity index (χ1) is 12.6. The van der Waals surface area contributed by atoms with E-state index in [-0.39, 0.29) is 24.0 Å². The van der Waals surface area contributed by atoms with Crippen LogP contribution in [0.3, 0.4) is 0 Å². The number of amides is 1. The van der Waals surface area contributed by atoms with Crippen LogP contribution in [0.15, 0.2) is 24.3 Å². The summed E-state index contributed by atoms with van der Waals surface area (Å²) in [5, 5.41) is 2.83. The summed E-state index contributed by atoms with van der Waals surface area (Å²) < 4.78 is 0. The van der Waals surface area contributed by atoms with E-state index in [4.69, 9.17) is 0 Å². The molecule has 0 bridgehead atoms. The van der Waals surface area contributed by atoms with Gasteiger partial charge in [0.2, 0.25) is 5.91 Å². The van der Waals surface area contributed by atoms with Gasteiger partial charge in [0.15, 0.2) is 11.6 Å². The third-order valence-corrected chi connectivity index (χ3v) is 4.80. The van der Waals surface area contributed by atoms with E-state index in [1.54, 1.807) is 32.7 Å². The highest BCUT2D eigenvalue weighted by Gasteiger charge is 2.26. The number of ketones is 2. The number of anilines is 1. The fraction of sp³-hybridized carbons (Fsp3) is 0.381. The molecule has 0 aliphatic rings. The minimum atomic E-state index is -0.509. The number of carbonyl (C=O) groups is 3. The number of Topliss-reactive ketones (excluding diaryl/α,β-unsaturated/α-hetero) is 2. The Bertz CT molecular complexity index is 866. The highest BCUT2D eigenvalue weighted by Crippen LogP contribution is 2.20. The van der Waals surface area contributed by atoms with Crippen LogP contribution in [0.4, 0.5) is 5.69 Å². The number of nitrogens with zero attached hydrogens (tertiary/aromatic N) is 1. The van der Waals surface area contributed by atoms with Crippen molar-refractivity contribution in [2.45, 2.75) is 40.7 Å². The SMILES string of the molecule is CC(=O)c1c(C)[nH]c(C(=O)[C@H](C)N(C)CC(=O)Nc2ccc(C)cc2)c1C. The van der Waals surface area contributed by atoms with Gasteiger partial charge in [-0.15, -0.1) is 0 Å². The average molecular weight is 369 g/mol. The second kappa shape index (κ2) is 8.31. The van der Waals surface area contributed by atoms with Gasteiger partial charge in [0.1, 0.15) is 0 Å². The van der Waals surface area contributed by atoms with Crippen LogP contribution < -0.4 is 5.32 Å². The van der Waals surface area contributed by atoms with Crippen LogP contribution in [-0.4, -0.2) is 47.0 Å². The van der Waals surface area contributed by atoms with E-state index >= 15 is 0 Å². The van der Waals surface area contributed by atoms with E-state index in [9.17, 15) is 14.4 Å². The van der Waals surface area contributed by atoms with Crippen LogP contribution in [0.5, 0.6) is 0 Å². The summed E-state index contributed by atoms with van der Waals surface area (Å²) >= 11 is 0. The molecule has 1 aromatic carbocycles. The molecule has 1 atom stereocenters. The average Bonchev–Trinajstić information content (AvgIpc) is 2.90. The zero-order valence-corrected chi connectivity index (χ0v) is 16.8. The number of hydrogen-bond donors (Lipinski definition) is 2. The molecule has 0 aliphatic heterocycles. The molecule has 0 unspecified atom stereocenters. The number of carbonyl (C=O) groups excluding carboxylic acids is 3. The van der Waals surface area contributed by atoms with Crippen molar-refractivity contribution in [3.05, 3.63) is 52.3 Å². The van der Waals surface area contributed by atoms with Crippen molar-refractivity contribution in [1.82, 2.24) is 9.88 Å². The molecule has 0 aliphatic carbocycles. The molecular weight excluding hydrogens is 342 g/mol. The predicted octanol–water partition coefficient (Wildman–Crippen LogP) is 3.28. The van der Waals surface area contributed by atoms with Gasteiger partial charge in [-0.2, -0.15) is 0 Å². The first-order valence-electron chi connectivity index (χ1n) is 8.92. The highest BCUT2D eigenvalue weighted by atomic mass is 16.2. The van der Waals surface area contributed by atoms with Gasteiger partial charge in [0, 0.05) is 16.9 Å². The highest BCUT2D eigenvalue weighted by molar-refractivity contribution is 6.05. The van der Waals surface area contributed by atoms with Crippen molar-refractivity contribution in [2.75, 3.05) is 18.9 Å². The normalized spacial score (nSPS) is 12.1. The van der Waals surface area contributed by atoms with Crippen LogP contribution in [0.1, 0.15) is 51.5 Å². The van der Waals surface area contributed by atoms with Gasteiger partial charge in [-0.05, 0) is 59.4 Å². The Labute approximate surface area is 160 Å². The largest absolute Gasteiger partial charge is 0.355 e. The van der Waals surface area contributed by atoms with Gasteiger partial charge >= 0.3 is 0 Å². The zero-order valence-electron chi connectivity index (χ0n) is 16.8. The lowest BCUT2D eigenvalue weighted by Crippen LogP contribution is -2.41. The van der Waals surface area contributed by atoms with Crippen molar-refractivity contribution < 1.29 is 14.4 Å². The number of nitrogens with one attached hydrogen (secondary N) is 2. The number of hydrogen-bond acceptors (Lipinski definition) is 4. The summed E-state index contributed by atoms with van der Waals surface area (Å²) in [5.41, 5.74) is 4.18. The number of rotatable bonds is 7.